The molecule has 0 unspecified atom stereocenters. The monoisotopic (exact) mass is 288 g/mol. The van der Waals surface area contributed by atoms with Crippen LogP contribution in [0.5, 0.6) is 0 Å². The van der Waals surface area contributed by atoms with Gasteiger partial charge in [0.25, 0.3) is 0 Å². The van der Waals surface area contributed by atoms with Gasteiger partial charge in [-0.1, -0.05) is 32.0 Å². The normalized spacial score (nSPS) is 10.7. The summed E-state index contributed by atoms with van der Waals surface area (Å²) >= 11 is 0. The summed E-state index contributed by atoms with van der Waals surface area (Å²) in [7, 11) is 0. The largest absolute Gasteiger partial charge is 0.478 e. The number of anilines is 1. The highest BCUT2D eigenvalue weighted by Crippen LogP contribution is 2.18. The molecular weight excluding hydrogens is 271 g/mol. The van der Waals surface area contributed by atoms with Crippen molar-refractivity contribution < 1.29 is 14.3 Å². The molecule has 0 aliphatic carbocycles. The summed E-state index contributed by atoms with van der Waals surface area (Å²) in [6, 6.07) is 9.44. The van der Waals surface area contributed by atoms with Crippen molar-refractivity contribution in [3.05, 3.63) is 59.0 Å². The van der Waals surface area contributed by atoms with Crippen molar-refractivity contribution >= 4 is 11.8 Å². The zero-order valence-electron chi connectivity index (χ0n) is 11.9. The minimum atomic E-state index is -1.01. The Balaban J connectivity index is 2.23. The average molecular weight is 288 g/mol. The molecule has 1 aromatic carbocycles. The fourth-order valence-corrected chi connectivity index (χ4v) is 1.89. The molecule has 0 bridgehead atoms. The first kappa shape index (κ1) is 15.0. The highest BCUT2D eigenvalue weighted by atomic mass is 19.1. The van der Waals surface area contributed by atoms with Crippen LogP contribution in [-0.4, -0.2) is 16.1 Å². The molecule has 0 atom stereocenters. The van der Waals surface area contributed by atoms with Crippen LogP contribution in [-0.2, 0) is 6.54 Å². The Morgan fingerprint density at radius 3 is 2.67 bits per heavy atom. The van der Waals surface area contributed by atoms with Crippen molar-refractivity contribution in [2.45, 2.75) is 26.3 Å². The van der Waals surface area contributed by atoms with Crippen molar-refractivity contribution in [2.75, 3.05) is 5.32 Å². The van der Waals surface area contributed by atoms with Crippen molar-refractivity contribution in [3.8, 4) is 0 Å². The number of pyridine rings is 1. The van der Waals surface area contributed by atoms with Gasteiger partial charge in [0.2, 0.25) is 0 Å². The number of hydrogen-bond acceptors (Lipinski definition) is 3. The average Bonchev–Trinajstić information content (AvgIpc) is 2.46. The van der Waals surface area contributed by atoms with E-state index in [0.717, 1.165) is 0 Å². The zero-order chi connectivity index (χ0) is 15.4. The van der Waals surface area contributed by atoms with Crippen LogP contribution in [0, 0.1) is 5.82 Å². The van der Waals surface area contributed by atoms with Crippen LogP contribution >= 0.6 is 0 Å². The summed E-state index contributed by atoms with van der Waals surface area (Å²) in [5, 5.41) is 12.1. The van der Waals surface area contributed by atoms with Crippen LogP contribution in [0.4, 0.5) is 10.2 Å². The second kappa shape index (κ2) is 6.35. The molecule has 0 radical (unpaired) electrons. The first-order valence-electron chi connectivity index (χ1n) is 6.70. The molecule has 0 fully saturated rings. The number of carbonyl (C=O) groups is 1. The lowest BCUT2D eigenvalue weighted by molar-refractivity contribution is 0.0696. The maximum atomic E-state index is 13.6. The van der Waals surface area contributed by atoms with E-state index in [4.69, 9.17) is 5.11 Å². The van der Waals surface area contributed by atoms with Crippen molar-refractivity contribution in [3.63, 3.8) is 0 Å². The van der Waals surface area contributed by atoms with Crippen molar-refractivity contribution in [1.29, 1.82) is 0 Å². The molecule has 0 aliphatic heterocycles. The van der Waals surface area contributed by atoms with Gasteiger partial charge in [-0.05, 0) is 24.1 Å². The minimum absolute atomic E-state index is 0.110. The third kappa shape index (κ3) is 3.78. The first-order chi connectivity index (χ1) is 9.97. The van der Waals surface area contributed by atoms with E-state index in [1.807, 2.05) is 13.8 Å². The molecule has 1 aromatic heterocycles. The molecular formula is C16H17FN2O2. The predicted octanol–water partition coefficient (Wildman–Crippen LogP) is 3.65. The van der Waals surface area contributed by atoms with Crippen LogP contribution < -0.4 is 5.32 Å². The van der Waals surface area contributed by atoms with Gasteiger partial charge >= 0.3 is 5.97 Å². The van der Waals surface area contributed by atoms with E-state index in [9.17, 15) is 9.18 Å². The van der Waals surface area contributed by atoms with E-state index in [-0.39, 0.29) is 23.8 Å². The second-order valence-corrected chi connectivity index (χ2v) is 5.07. The summed E-state index contributed by atoms with van der Waals surface area (Å²) in [6.45, 7) is 4.13. The number of nitrogens with zero attached hydrogens (tertiary/aromatic N) is 1. The third-order valence-corrected chi connectivity index (χ3v) is 3.10. The van der Waals surface area contributed by atoms with E-state index < -0.39 is 5.97 Å². The van der Waals surface area contributed by atoms with E-state index >= 15 is 0 Å². The van der Waals surface area contributed by atoms with E-state index in [1.54, 1.807) is 24.3 Å². The van der Waals surface area contributed by atoms with Gasteiger partial charge in [-0.3, -0.25) is 0 Å². The van der Waals surface area contributed by atoms with Crippen LogP contribution in [0.1, 0.15) is 41.4 Å². The summed E-state index contributed by atoms with van der Waals surface area (Å²) in [4.78, 5) is 15.5. The topological polar surface area (TPSA) is 62.2 Å². The Morgan fingerprint density at radius 2 is 2.05 bits per heavy atom. The van der Waals surface area contributed by atoms with Gasteiger partial charge in [0, 0.05) is 17.8 Å². The molecule has 21 heavy (non-hydrogen) atoms. The predicted molar refractivity (Wildman–Crippen MR) is 79.0 cm³/mol. The number of aromatic nitrogens is 1. The molecule has 0 amide bonds. The Bertz CT molecular complexity index is 656. The summed E-state index contributed by atoms with van der Waals surface area (Å²) in [6.07, 6.45) is 0. The summed E-state index contributed by atoms with van der Waals surface area (Å²) < 4.78 is 13.6. The SMILES string of the molecule is CC(C)c1cc(C(=O)O)cc(NCc2ccccc2F)n1. The molecule has 5 heteroatoms. The molecule has 4 nitrogen and oxygen atoms in total. The molecule has 2 N–H and O–H groups in total. The third-order valence-electron chi connectivity index (χ3n) is 3.10. The van der Waals surface area contributed by atoms with E-state index in [1.165, 1.54) is 12.1 Å². The number of halogens is 1. The Hall–Kier alpha value is -2.43. The van der Waals surface area contributed by atoms with Crippen LogP contribution in [0.25, 0.3) is 0 Å². The lowest BCUT2D eigenvalue weighted by Crippen LogP contribution is -2.08. The molecule has 1 heterocycles. The number of rotatable bonds is 5. The van der Waals surface area contributed by atoms with Crippen LogP contribution in [0.15, 0.2) is 36.4 Å². The minimum Gasteiger partial charge on any atom is -0.478 e. The van der Waals surface area contributed by atoms with Gasteiger partial charge in [-0.2, -0.15) is 0 Å². The highest BCUT2D eigenvalue weighted by molar-refractivity contribution is 5.88. The van der Waals surface area contributed by atoms with Gasteiger partial charge in [0.15, 0.2) is 0 Å². The summed E-state index contributed by atoms with van der Waals surface area (Å²) in [5.41, 5.74) is 1.36. The van der Waals surface area contributed by atoms with Crippen molar-refractivity contribution in [1.82, 2.24) is 4.98 Å². The van der Waals surface area contributed by atoms with Gasteiger partial charge in [0.1, 0.15) is 11.6 Å². The lowest BCUT2D eigenvalue weighted by Gasteiger charge is -2.11. The highest BCUT2D eigenvalue weighted by Gasteiger charge is 2.11. The number of nitrogens with one attached hydrogen (secondary N) is 1. The van der Waals surface area contributed by atoms with Crippen molar-refractivity contribution in [2.24, 2.45) is 0 Å². The number of carboxylic acid groups (broad SMARTS) is 1. The van der Waals surface area contributed by atoms with E-state index in [2.05, 4.69) is 10.3 Å². The molecule has 2 aromatic rings. The molecule has 2 rings (SSSR count). The molecule has 0 aliphatic rings. The number of carboxylic acids is 1. The number of hydrogen-bond donors (Lipinski definition) is 2. The molecule has 0 spiro atoms. The molecule has 0 saturated heterocycles. The Kier molecular flexibility index (Phi) is 4.52. The molecule has 0 saturated carbocycles. The second-order valence-electron chi connectivity index (χ2n) is 5.07. The van der Waals surface area contributed by atoms with Crippen LogP contribution in [0.3, 0.4) is 0 Å². The zero-order valence-corrected chi connectivity index (χ0v) is 11.9. The van der Waals surface area contributed by atoms with Gasteiger partial charge in [-0.15, -0.1) is 0 Å². The standard InChI is InChI=1S/C16H17FN2O2/c1-10(2)14-7-12(16(20)21)8-15(19-14)18-9-11-5-3-4-6-13(11)17/h3-8,10H,9H2,1-2H3,(H,18,19)(H,20,21). The lowest BCUT2D eigenvalue weighted by atomic mass is 10.1. The first-order valence-corrected chi connectivity index (χ1v) is 6.70. The van der Waals surface area contributed by atoms with Gasteiger partial charge < -0.3 is 10.4 Å². The maximum absolute atomic E-state index is 13.6. The van der Waals surface area contributed by atoms with E-state index in [0.29, 0.717) is 17.1 Å². The number of aromatic carboxylic acids is 1. The fraction of sp³-hybridized carbons (Fsp3) is 0.250. The fourth-order valence-electron chi connectivity index (χ4n) is 1.89. The summed E-state index contributed by atoms with van der Waals surface area (Å²) in [5.74, 6) is -0.767. The molecule has 110 valence electrons. The quantitative estimate of drug-likeness (QED) is 0.881. The smallest absolute Gasteiger partial charge is 0.335 e. The number of benzene rings is 1. The van der Waals surface area contributed by atoms with Crippen LogP contribution in [0.2, 0.25) is 0 Å². The Labute approximate surface area is 122 Å². The van der Waals surface area contributed by atoms with Gasteiger partial charge in [0.05, 0.1) is 5.56 Å². The van der Waals surface area contributed by atoms with Gasteiger partial charge in [-0.25, -0.2) is 14.2 Å². The maximum Gasteiger partial charge on any atom is 0.335 e. The Morgan fingerprint density at radius 1 is 1.33 bits per heavy atom.